The molecule has 0 atom stereocenters. The lowest BCUT2D eigenvalue weighted by Crippen LogP contribution is -2.20. The smallest absolute Gasteiger partial charge is 0.0839 e. The average Bonchev–Trinajstić information content (AvgIpc) is 2.26. The zero-order chi connectivity index (χ0) is 11.2. The number of hydrogen-bond acceptors (Lipinski definition) is 2. The first-order valence-corrected chi connectivity index (χ1v) is 6.18. The molecule has 0 aromatic carbocycles. The van der Waals surface area contributed by atoms with Crippen molar-refractivity contribution in [1.82, 2.24) is 10.6 Å². The van der Waals surface area contributed by atoms with E-state index in [1.165, 1.54) is 38.5 Å². The molecule has 0 amide bonds. The number of nitrogens with one attached hydrogen (secondary N) is 2. The molecule has 0 fully saturated rings. The van der Waals surface area contributed by atoms with Gasteiger partial charge in [0.25, 0.3) is 0 Å². The lowest BCUT2D eigenvalue weighted by Gasteiger charge is -1.99. The Morgan fingerprint density at radius 1 is 0.800 bits per heavy atom. The highest BCUT2D eigenvalue weighted by molar-refractivity contribution is 4.82. The topological polar surface area (TPSA) is 24.1 Å². The van der Waals surface area contributed by atoms with Crippen LogP contribution in [0.3, 0.4) is 0 Å². The molecule has 0 spiro atoms. The second-order valence-corrected chi connectivity index (χ2v) is 3.67. The molecular formula is C13H26N2. The number of hydrogen-bond donors (Lipinski definition) is 2. The second-order valence-electron chi connectivity index (χ2n) is 3.67. The molecule has 0 aromatic heterocycles. The molecule has 0 aromatic rings. The average molecular weight is 210 g/mol. The molecule has 2 N–H and O–H groups in total. The van der Waals surface area contributed by atoms with E-state index >= 15 is 0 Å². The van der Waals surface area contributed by atoms with Crippen LogP contribution in [-0.4, -0.2) is 6.67 Å². The lowest BCUT2D eigenvalue weighted by molar-refractivity contribution is 0.751. The minimum Gasteiger partial charge on any atom is -0.374 e. The quantitative estimate of drug-likeness (QED) is 0.426. The van der Waals surface area contributed by atoms with Gasteiger partial charge in [-0.2, -0.15) is 0 Å². The maximum atomic E-state index is 3.19. The van der Waals surface area contributed by atoms with Crippen molar-refractivity contribution in [3.8, 4) is 0 Å². The largest absolute Gasteiger partial charge is 0.374 e. The van der Waals surface area contributed by atoms with E-state index in [0.29, 0.717) is 0 Å². The van der Waals surface area contributed by atoms with Crippen molar-refractivity contribution in [2.24, 2.45) is 0 Å². The molecule has 0 heterocycles. The summed E-state index contributed by atoms with van der Waals surface area (Å²) < 4.78 is 0. The van der Waals surface area contributed by atoms with Crippen LogP contribution in [0, 0.1) is 0 Å². The van der Waals surface area contributed by atoms with Crippen LogP contribution in [-0.2, 0) is 0 Å². The third kappa shape index (κ3) is 13.1. The van der Waals surface area contributed by atoms with Crippen molar-refractivity contribution in [3.63, 3.8) is 0 Å². The number of allylic oxidation sites excluding steroid dienone is 2. The summed E-state index contributed by atoms with van der Waals surface area (Å²) >= 11 is 0. The minimum absolute atomic E-state index is 0.811. The first-order valence-electron chi connectivity index (χ1n) is 6.18. The highest BCUT2D eigenvalue weighted by Gasteiger charge is 1.79. The maximum absolute atomic E-state index is 3.19. The minimum atomic E-state index is 0.811. The van der Waals surface area contributed by atoms with Gasteiger partial charge in [-0.25, -0.2) is 0 Å². The van der Waals surface area contributed by atoms with E-state index in [2.05, 4.69) is 36.6 Å². The van der Waals surface area contributed by atoms with Gasteiger partial charge in [0.2, 0.25) is 0 Å². The molecule has 2 heteroatoms. The van der Waals surface area contributed by atoms with Crippen LogP contribution in [0.1, 0.15) is 52.4 Å². The van der Waals surface area contributed by atoms with Crippen molar-refractivity contribution in [2.45, 2.75) is 52.4 Å². The van der Waals surface area contributed by atoms with Crippen LogP contribution in [0.15, 0.2) is 24.6 Å². The number of rotatable bonds is 10. The summed E-state index contributed by atoms with van der Waals surface area (Å²) in [5, 5.41) is 6.38. The van der Waals surface area contributed by atoms with Crippen LogP contribution < -0.4 is 10.6 Å². The fraction of sp³-hybridized carbons (Fsp3) is 0.692. The molecule has 0 aliphatic heterocycles. The molecule has 0 bridgehead atoms. The first kappa shape index (κ1) is 14.1. The van der Waals surface area contributed by atoms with Gasteiger partial charge in [-0.15, -0.1) is 0 Å². The third-order valence-corrected chi connectivity index (χ3v) is 2.12. The van der Waals surface area contributed by atoms with Crippen molar-refractivity contribution in [3.05, 3.63) is 24.6 Å². The molecule has 0 saturated heterocycles. The first-order chi connectivity index (χ1) is 7.41. The third-order valence-electron chi connectivity index (χ3n) is 2.12. The van der Waals surface area contributed by atoms with Crippen molar-refractivity contribution in [1.29, 1.82) is 0 Å². The van der Waals surface area contributed by atoms with Gasteiger partial charge in [-0.05, 0) is 25.2 Å². The van der Waals surface area contributed by atoms with Crippen LogP contribution in [0.25, 0.3) is 0 Å². The summed E-state index contributed by atoms with van der Waals surface area (Å²) in [4.78, 5) is 0. The summed E-state index contributed by atoms with van der Waals surface area (Å²) in [5.41, 5.74) is 0. The summed E-state index contributed by atoms with van der Waals surface area (Å²) in [7, 11) is 0. The van der Waals surface area contributed by atoms with Crippen LogP contribution >= 0.6 is 0 Å². The molecule has 0 aliphatic carbocycles. The summed E-state index contributed by atoms with van der Waals surface area (Å²) in [5.74, 6) is 0. The summed E-state index contributed by atoms with van der Waals surface area (Å²) in [6, 6.07) is 0. The van der Waals surface area contributed by atoms with Gasteiger partial charge in [0.1, 0.15) is 0 Å². The summed E-state index contributed by atoms with van der Waals surface area (Å²) in [6.07, 6.45) is 15.9. The highest BCUT2D eigenvalue weighted by atomic mass is 15.0. The van der Waals surface area contributed by atoms with Crippen molar-refractivity contribution >= 4 is 0 Å². The predicted molar refractivity (Wildman–Crippen MR) is 68.5 cm³/mol. The molecule has 0 rings (SSSR count). The Bertz CT molecular complexity index is 144. The standard InChI is InChI=1S/C13H26N2/c1-3-5-7-9-11-14-13-15-12-10-8-6-4-2/h9-12,14-15H,3-8,13H2,1-2H3. The van der Waals surface area contributed by atoms with E-state index in [1.807, 2.05) is 12.4 Å². The molecule has 15 heavy (non-hydrogen) atoms. The summed E-state index contributed by atoms with van der Waals surface area (Å²) in [6.45, 7) is 5.24. The van der Waals surface area contributed by atoms with Gasteiger partial charge in [0.15, 0.2) is 0 Å². The van der Waals surface area contributed by atoms with Gasteiger partial charge in [-0.3, -0.25) is 0 Å². The van der Waals surface area contributed by atoms with Gasteiger partial charge < -0.3 is 10.6 Å². The zero-order valence-corrected chi connectivity index (χ0v) is 10.3. The Morgan fingerprint density at radius 2 is 1.27 bits per heavy atom. The van der Waals surface area contributed by atoms with Gasteiger partial charge in [0, 0.05) is 0 Å². The Labute approximate surface area is 94.8 Å². The maximum Gasteiger partial charge on any atom is 0.0839 e. The van der Waals surface area contributed by atoms with Gasteiger partial charge >= 0.3 is 0 Å². The van der Waals surface area contributed by atoms with Crippen molar-refractivity contribution < 1.29 is 0 Å². The molecule has 88 valence electrons. The Hall–Kier alpha value is -0.920. The van der Waals surface area contributed by atoms with E-state index in [-0.39, 0.29) is 0 Å². The second kappa shape index (κ2) is 13.1. The Balaban J connectivity index is 3.10. The molecule has 0 unspecified atom stereocenters. The monoisotopic (exact) mass is 210 g/mol. The number of unbranched alkanes of at least 4 members (excludes halogenated alkanes) is 4. The lowest BCUT2D eigenvalue weighted by atomic mass is 10.2. The van der Waals surface area contributed by atoms with E-state index in [9.17, 15) is 0 Å². The van der Waals surface area contributed by atoms with E-state index in [1.54, 1.807) is 0 Å². The molecule has 0 aliphatic rings. The van der Waals surface area contributed by atoms with Crippen molar-refractivity contribution in [2.75, 3.05) is 6.67 Å². The highest BCUT2D eigenvalue weighted by Crippen LogP contribution is 1.94. The van der Waals surface area contributed by atoms with Crippen LogP contribution in [0.4, 0.5) is 0 Å². The van der Waals surface area contributed by atoms with Gasteiger partial charge in [-0.1, -0.05) is 51.7 Å². The van der Waals surface area contributed by atoms with E-state index in [4.69, 9.17) is 0 Å². The molecular weight excluding hydrogens is 184 g/mol. The normalized spacial score (nSPS) is 11.3. The SMILES string of the molecule is CCCCC=CNCNC=CCCCC. The van der Waals surface area contributed by atoms with Gasteiger partial charge in [0.05, 0.1) is 6.67 Å². The van der Waals surface area contributed by atoms with Crippen LogP contribution in [0.2, 0.25) is 0 Å². The van der Waals surface area contributed by atoms with E-state index in [0.717, 1.165) is 6.67 Å². The van der Waals surface area contributed by atoms with E-state index < -0.39 is 0 Å². The van der Waals surface area contributed by atoms with Crippen LogP contribution in [0.5, 0.6) is 0 Å². The fourth-order valence-corrected chi connectivity index (χ4v) is 1.15. The zero-order valence-electron chi connectivity index (χ0n) is 10.3. The predicted octanol–water partition coefficient (Wildman–Crippen LogP) is 3.53. The molecule has 0 radical (unpaired) electrons. The Morgan fingerprint density at radius 3 is 1.67 bits per heavy atom. The Kier molecular flexibility index (Phi) is 12.3. The fourth-order valence-electron chi connectivity index (χ4n) is 1.15. The molecule has 0 saturated carbocycles. The molecule has 2 nitrogen and oxygen atoms in total.